The van der Waals surface area contributed by atoms with Crippen LogP contribution in [0.15, 0.2) is 12.0 Å². The molecule has 0 aliphatic carbocycles. The third-order valence-corrected chi connectivity index (χ3v) is 0.684. The van der Waals surface area contributed by atoms with E-state index >= 15 is 0 Å². The van der Waals surface area contributed by atoms with Gasteiger partial charge in [0.05, 0.1) is 7.11 Å². The van der Waals surface area contributed by atoms with Crippen molar-refractivity contribution in [1.82, 2.24) is 0 Å². The zero-order valence-electron chi connectivity index (χ0n) is 6.84. The molecule has 0 heterocycles. The largest absolute Gasteiger partial charge is 1.00 e. The summed E-state index contributed by atoms with van der Waals surface area (Å²) in [6.07, 6.45) is 0.641. The molecular formula is C5H9NaO3. The predicted octanol–water partition coefficient (Wildman–Crippen LogP) is -2.26. The molecular weight excluding hydrogens is 131 g/mol. The minimum absolute atomic E-state index is 0. The average Bonchev–Trinajstić information content (AvgIpc) is 1.69. The van der Waals surface area contributed by atoms with Gasteiger partial charge in [0.25, 0.3) is 0 Å². The summed E-state index contributed by atoms with van der Waals surface area (Å²) in [6, 6.07) is 0. The van der Waals surface area contributed by atoms with Crippen LogP contribution >= 0.6 is 0 Å². The molecule has 4 heteroatoms. The fourth-order valence-corrected chi connectivity index (χ4v) is 0.287. The number of ether oxygens (including phenoxy) is 1. The number of aliphatic hydroxyl groups excluding tert-OH is 1. The van der Waals surface area contributed by atoms with Crippen LogP contribution in [0.4, 0.5) is 0 Å². The first kappa shape index (κ1) is 11.8. The van der Waals surface area contributed by atoms with E-state index in [-0.39, 0.29) is 42.5 Å². The van der Waals surface area contributed by atoms with Gasteiger partial charge in [-0.15, -0.1) is 0 Å². The molecule has 0 radical (unpaired) electrons. The van der Waals surface area contributed by atoms with E-state index in [2.05, 4.69) is 4.74 Å². The van der Waals surface area contributed by atoms with Gasteiger partial charge < -0.3 is 11.3 Å². The Kier molecular flexibility index (Phi) is 8.02. The molecule has 3 nitrogen and oxygen atoms in total. The van der Waals surface area contributed by atoms with Crippen LogP contribution in [0.2, 0.25) is 0 Å². The first-order valence-corrected chi connectivity index (χ1v) is 2.11. The summed E-state index contributed by atoms with van der Waals surface area (Å²) in [5.41, 5.74) is 0. The Morgan fingerprint density at radius 1 is 1.78 bits per heavy atom. The van der Waals surface area contributed by atoms with Crippen LogP contribution in [0.3, 0.4) is 0 Å². The van der Waals surface area contributed by atoms with E-state index in [4.69, 9.17) is 5.11 Å². The van der Waals surface area contributed by atoms with Crippen molar-refractivity contribution >= 4 is 5.78 Å². The molecule has 0 aliphatic rings. The molecule has 0 atom stereocenters. The second-order valence-electron chi connectivity index (χ2n) is 1.25. The number of allylic oxidation sites excluding steroid dienone is 1. The van der Waals surface area contributed by atoms with Gasteiger partial charge in [-0.25, -0.2) is 0 Å². The van der Waals surface area contributed by atoms with Gasteiger partial charge in [-0.1, -0.05) is 0 Å². The van der Waals surface area contributed by atoms with Crippen LogP contribution < -0.4 is 29.6 Å². The average molecular weight is 140 g/mol. The standard InChI is InChI=1S/C5H8O3.Na.H/c1-4(7)5(3-6)8-2;;/h3,6H,1-2H3;;/q;+1;-1. The van der Waals surface area contributed by atoms with Gasteiger partial charge in [-0.05, 0) is 0 Å². The fourth-order valence-electron chi connectivity index (χ4n) is 0.287. The summed E-state index contributed by atoms with van der Waals surface area (Å²) in [5.74, 6) is -0.306. The summed E-state index contributed by atoms with van der Waals surface area (Å²) < 4.78 is 4.42. The number of carbonyl (C=O) groups is 1. The molecule has 1 N–H and O–H groups in total. The van der Waals surface area contributed by atoms with Gasteiger partial charge in [-0.3, -0.25) is 4.79 Å². The summed E-state index contributed by atoms with van der Waals surface area (Å²) in [6.45, 7) is 1.31. The maximum absolute atomic E-state index is 10.3. The third-order valence-electron chi connectivity index (χ3n) is 0.684. The van der Waals surface area contributed by atoms with Crippen molar-refractivity contribution in [3.8, 4) is 0 Å². The Morgan fingerprint density at radius 3 is 2.22 bits per heavy atom. The van der Waals surface area contributed by atoms with Crippen LogP contribution in [0.1, 0.15) is 8.35 Å². The van der Waals surface area contributed by atoms with Crippen molar-refractivity contribution in [2.45, 2.75) is 6.92 Å². The normalized spacial score (nSPS) is 9.78. The maximum atomic E-state index is 10.3. The number of hydrogen-bond acceptors (Lipinski definition) is 3. The molecule has 0 rings (SSSR count). The molecule has 0 spiro atoms. The maximum Gasteiger partial charge on any atom is 1.00 e. The Morgan fingerprint density at radius 2 is 2.22 bits per heavy atom. The summed E-state index contributed by atoms with van der Waals surface area (Å²) in [5, 5.41) is 8.19. The molecule has 0 aromatic rings. The van der Waals surface area contributed by atoms with Crippen molar-refractivity contribution < 1.29 is 45.6 Å². The molecule has 0 amide bonds. The van der Waals surface area contributed by atoms with Crippen molar-refractivity contribution in [2.75, 3.05) is 7.11 Å². The van der Waals surface area contributed by atoms with E-state index in [1.807, 2.05) is 0 Å². The third kappa shape index (κ3) is 4.51. The van der Waals surface area contributed by atoms with Gasteiger partial charge in [0.2, 0.25) is 0 Å². The molecule has 48 valence electrons. The summed E-state index contributed by atoms with van der Waals surface area (Å²) in [7, 11) is 1.32. The Hall–Kier alpha value is 0.0100. The van der Waals surface area contributed by atoms with E-state index in [0.717, 1.165) is 0 Å². The van der Waals surface area contributed by atoms with Crippen molar-refractivity contribution in [3.63, 3.8) is 0 Å². The number of methoxy groups -OCH3 is 1. The van der Waals surface area contributed by atoms with Gasteiger partial charge in [0, 0.05) is 6.92 Å². The van der Waals surface area contributed by atoms with Crippen molar-refractivity contribution in [3.05, 3.63) is 12.0 Å². The van der Waals surface area contributed by atoms with Crippen molar-refractivity contribution in [2.24, 2.45) is 0 Å². The number of aliphatic hydroxyl groups is 1. The van der Waals surface area contributed by atoms with E-state index in [1.165, 1.54) is 14.0 Å². The van der Waals surface area contributed by atoms with Gasteiger partial charge in [0.1, 0.15) is 6.26 Å². The number of Topliss-reactive ketones (excluding diaryl/α,β-unsaturated/α-hetero) is 1. The topological polar surface area (TPSA) is 46.5 Å². The van der Waals surface area contributed by atoms with Crippen LogP contribution in [0.25, 0.3) is 0 Å². The number of rotatable bonds is 2. The number of ketones is 1. The second-order valence-corrected chi connectivity index (χ2v) is 1.25. The van der Waals surface area contributed by atoms with E-state index in [0.29, 0.717) is 6.26 Å². The summed E-state index contributed by atoms with van der Waals surface area (Å²) in [4.78, 5) is 10.3. The minimum Gasteiger partial charge on any atom is -1.00 e. The van der Waals surface area contributed by atoms with E-state index in [1.54, 1.807) is 0 Å². The molecule has 0 unspecified atom stereocenters. The van der Waals surface area contributed by atoms with Crippen molar-refractivity contribution in [1.29, 1.82) is 0 Å². The molecule has 0 bridgehead atoms. The first-order valence-electron chi connectivity index (χ1n) is 2.11. The Bertz CT molecular complexity index is 124. The number of carbonyl (C=O) groups excluding carboxylic acids is 1. The molecule has 0 saturated heterocycles. The zero-order valence-corrected chi connectivity index (χ0v) is 7.84. The molecule has 0 aromatic carbocycles. The second kappa shape index (κ2) is 6.13. The van der Waals surface area contributed by atoms with Crippen LogP contribution in [0, 0.1) is 0 Å². The predicted molar refractivity (Wildman–Crippen MR) is 29.5 cm³/mol. The van der Waals surface area contributed by atoms with Crippen LogP contribution in [0.5, 0.6) is 0 Å². The van der Waals surface area contributed by atoms with Gasteiger partial charge >= 0.3 is 29.6 Å². The minimum atomic E-state index is -0.282. The Balaban J connectivity index is -0.000000245. The molecule has 0 fully saturated rings. The van der Waals surface area contributed by atoms with Gasteiger partial charge in [0.15, 0.2) is 11.5 Å². The van der Waals surface area contributed by atoms with E-state index < -0.39 is 0 Å². The first-order chi connectivity index (χ1) is 3.72. The molecule has 0 saturated carbocycles. The van der Waals surface area contributed by atoms with Crippen LogP contribution in [-0.4, -0.2) is 18.0 Å². The summed E-state index contributed by atoms with van der Waals surface area (Å²) >= 11 is 0. The van der Waals surface area contributed by atoms with E-state index in [9.17, 15) is 4.79 Å². The zero-order chi connectivity index (χ0) is 6.57. The molecule has 9 heavy (non-hydrogen) atoms. The smallest absolute Gasteiger partial charge is 1.00 e. The quantitative estimate of drug-likeness (QED) is 0.267. The van der Waals surface area contributed by atoms with Gasteiger partial charge in [-0.2, -0.15) is 0 Å². The SMILES string of the molecule is COC(=CO)C(C)=O.[H-].[Na+]. The molecule has 0 aliphatic heterocycles. The Labute approximate surface area is 77.5 Å². The monoisotopic (exact) mass is 140 g/mol. The van der Waals surface area contributed by atoms with Crippen LogP contribution in [-0.2, 0) is 9.53 Å². The number of hydrogen-bond donors (Lipinski definition) is 1. The molecule has 0 aromatic heterocycles. The fraction of sp³-hybridized carbons (Fsp3) is 0.400.